The lowest BCUT2D eigenvalue weighted by atomic mass is 9.70. The molecule has 1 heterocycles. The van der Waals surface area contributed by atoms with Crippen molar-refractivity contribution >= 4 is 16.9 Å². The summed E-state index contributed by atoms with van der Waals surface area (Å²) in [6, 6.07) is 62.6. The predicted molar refractivity (Wildman–Crippen MR) is 227 cm³/mol. The van der Waals surface area contributed by atoms with Gasteiger partial charge in [0.25, 0.3) is 0 Å². The fraction of sp³-hybridized carbons (Fsp3) is 0.0943. The van der Waals surface area contributed by atoms with Gasteiger partial charge in [-0.3, -0.25) is 0 Å². The summed E-state index contributed by atoms with van der Waals surface area (Å²) in [5, 5.41) is 0. The Morgan fingerprint density at radius 3 is 1.65 bits per heavy atom. The van der Waals surface area contributed by atoms with Crippen LogP contribution in [-0.2, 0) is 10.8 Å². The van der Waals surface area contributed by atoms with Crippen molar-refractivity contribution in [3.8, 4) is 33.4 Å². The minimum Gasteiger partial charge on any atom is -0.310 e. The smallest absolute Gasteiger partial charge is 0.0726 e. The minimum atomic E-state index is -0.421. The Morgan fingerprint density at radius 2 is 1.06 bits per heavy atom. The lowest BCUT2D eigenvalue weighted by Crippen LogP contribution is -2.35. The van der Waals surface area contributed by atoms with Gasteiger partial charge in [-0.1, -0.05) is 172 Å². The van der Waals surface area contributed by atoms with Crippen LogP contribution in [-0.4, -0.2) is 0 Å². The third-order valence-electron chi connectivity index (χ3n) is 12.2. The molecule has 7 aromatic rings. The van der Waals surface area contributed by atoms with Gasteiger partial charge in [-0.2, -0.15) is 0 Å². The molecule has 10 rings (SSSR count). The normalized spacial score (nSPS) is 16.5. The Morgan fingerprint density at radius 1 is 0.519 bits per heavy atom. The van der Waals surface area contributed by atoms with Crippen molar-refractivity contribution in [1.29, 1.82) is 0 Å². The van der Waals surface area contributed by atoms with Crippen molar-refractivity contribution in [2.75, 3.05) is 4.90 Å². The highest BCUT2D eigenvalue weighted by atomic mass is 15.2. The van der Waals surface area contributed by atoms with E-state index in [9.17, 15) is 0 Å². The fourth-order valence-electron chi connectivity index (χ4n) is 9.71. The molecule has 2 aliphatic carbocycles. The first-order chi connectivity index (χ1) is 26.4. The van der Waals surface area contributed by atoms with Crippen LogP contribution in [0.5, 0.6) is 0 Å². The van der Waals surface area contributed by atoms with Gasteiger partial charge in [0.2, 0.25) is 0 Å². The molecule has 0 radical (unpaired) electrons. The summed E-state index contributed by atoms with van der Waals surface area (Å²) < 4.78 is 0. The molecule has 1 heteroatoms. The molecule has 1 spiro atoms. The van der Waals surface area contributed by atoms with Crippen molar-refractivity contribution in [1.82, 2.24) is 0 Å². The monoisotopic (exact) mass is 691 g/mol. The summed E-state index contributed by atoms with van der Waals surface area (Å²) in [7, 11) is 0. The summed E-state index contributed by atoms with van der Waals surface area (Å²) in [4.78, 5) is 2.42. The van der Waals surface area contributed by atoms with Crippen molar-refractivity contribution in [3.05, 3.63) is 233 Å². The quantitative estimate of drug-likeness (QED) is 0.178. The standard InChI is InChI=1S/C53H41N/c1-5-36(37-18-8-6-9-19-37)32-48-35(2)54(51-31-28-39(33-50(51)52(48,3)4)38-20-10-7-11-21-38)40-29-30-44-43-24-14-17-27-47(43)53(49(44)34-40)45-25-15-12-22-41(45)42-23-13-16-26-46(42)53/h5-34H,2H2,1,3-4H3/b36-5+,48-32+. The second-order valence-electron chi connectivity index (χ2n) is 15.3. The number of benzene rings is 7. The largest absolute Gasteiger partial charge is 0.310 e. The summed E-state index contributed by atoms with van der Waals surface area (Å²) in [6.45, 7) is 11.8. The van der Waals surface area contributed by atoms with Gasteiger partial charge >= 0.3 is 0 Å². The molecule has 3 aliphatic rings. The number of allylic oxidation sites excluding steroid dienone is 4. The van der Waals surface area contributed by atoms with E-state index >= 15 is 0 Å². The van der Waals surface area contributed by atoms with Crippen molar-refractivity contribution in [2.45, 2.75) is 31.6 Å². The molecule has 0 aromatic heterocycles. The van der Waals surface area contributed by atoms with Crippen LogP contribution in [0.25, 0.3) is 39.0 Å². The number of hydrogen-bond donors (Lipinski definition) is 0. The van der Waals surface area contributed by atoms with Crippen LogP contribution in [0.1, 0.15) is 54.2 Å². The molecule has 54 heavy (non-hydrogen) atoms. The van der Waals surface area contributed by atoms with Crippen molar-refractivity contribution < 1.29 is 0 Å². The third kappa shape index (κ3) is 4.45. The van der Waals surface area contributed by atoms with Crippen LogP contribution in [0.3, 0.4) is 0 Å². The number of fused-ring (bicyclic) bond motifs is 11. The Bertz CT molecular complexity index is 2640. The summed E-state index contributed by atoms with van der Waals surface area (Å²) >= 11 is 0. The van der Waals surface area contributed by atoms with E-state index in [-0.39, 0.29) is 5.41 Å². The first-order valence-corrected chi connectivity index (χ1v) is 19.0. The molecule has 0 saturated carbocycles. The van der Waals surface area contributed by atoms with Crippen LogP contribution in [0.4, 0.5) is 11.4 Å². The first kappa shape index (κ1) is 32.2. The maximum atomic E-state index is 4.93. The van der Waals surface area contributed by atoms with Gasteiger partial charge < -0.3 is 4.90 Å². The van der Waals surface area contributed by atoms with E-state index in [0.29, 0.717) is 0 Å². The molecule has 1 nitrogen and oxygen atoms in total. The van der Waals surface area contributed by atoms with Gasteiger partial charge in [-0.15, -0.1) is 0 Å². The zero-order valence-electron chi connectivity index (χ0n) is 31.0. The van der Waals surface area contributed by atoms with E-state index in [4.69, 9.17) is 6.58 Å². The highest BCUT2D eigenvalue weighted by Gasteiger charge is 2.52. The number of nitrogens with zero attached hydrogens (tertiary/aromatic N) is 1. The van der Waals surface area contributed by atoms with Crippen LogP contribution in [0.2, 0.25) is 0 Å². The second kappa shape index (κ2) is 12.0. The van der Waals surface area contributed by atoms with Crippen LogP contribution < -0.4 is 4.90 Å². The maximum absolute atomic E-state index is 4.93. The van der Waals surface area contributed by atoms with Gasteiger partial charge in [0, 0.05) is 16.8 Å². The molecule has 0 N–H and O–H groups in total. The number of anilines is 2. The van der Waals surface area contributed by atoms with Crippen LogP contribution in [0, 0.1) is 0 Å². The van der Waals surface area contributed by atoms with Gasteiger partial charge in [-0.05, 0) is 115 Å². The lowest BCUT2D eigenvalue weighted by Gasteiger charge is -2.44. The second-order valence-corrected chi connectivity index (χ2v) is 15.3. The number of hydrogen-bond acceptors (Lipinski definition) is 1. The van der Waals surface area contributed by atoms with Gasteiger partial charge in [0.15, 0.2) is 0 Å². The van der Waals surface area contributed by atoms with E-state index in [0.717, 1.165) is 11.4 Å². The molecule has 1 aliphatic heterocycles. The molecule has 0 bridgehead atoms. The SMILES string of the molecule is C=C1/C(=C\C(=C/C)c2ccccc2)C(C)(C)c2cc(-c3ccccc3)ccc2N1c1ccc2c(c1)C1(c3ccccc3-c3ccccc31)c1ccccc1-2. The molecular formula is C53H41N. The van der Waals surface area contributed by atoms with Gasteiger partial charge in [-0.25, -0.2) is 0 Å². The molecule has 0 saturated heterocycles. The molecule has 7 aromatic carbocycles. The zero-order valence-corrected chi connectivity index (χ0v) is 31.0. The molecule has 0 amide bonds. The highest BCUT2D eigenvalue weighted by molar-refractivity contribution is 5.96. The first-order valence-electron chi connectivity index (χ1n) is 19.0. The van der Waals surface area contributed by atoms with E-state index in [1.807, 2.05) is 0 Å². The van der Waals surface area contributed by atoms with Crippen molar-refractivity contribution in [3.63, 3.8) is 0 Å². The Hall–Kier alpha value is -6.44. The Balaban J connectivity index is 1.23. The summed E-state index contributed by atoms with van der Waals surface area (Å²) in [6.07, 6.45) is 4.59. The zero-order chi connectivity index (χ0) is 36.6. The van der Waals surface area contributed by atoms with Gasteiger partial charge in [0.1, 0.15) is 0 Å². The average Bonchev–Trinajstić information content (AvgIpc) is 3.69. The summed E-state index contributed by atoms with van der Waals surface area (Å²) in [5.74, 6) is 0. The lowest BCUT2D eigenvalue weighted by molar-refractivity contribution is 0.614. The van der Waals surface area contributed by atoms with E-state index in [1.165, 1.54) is 83.6 Å². The van der Waals surface area contributed by atoms with E-state index in [2.05, 4.69) is 208 Å². The molecule has 0 atom stereocenters. The van der Waals surface area contributed by atoms with E-state index in [1.54, 1.807) is 0 Å². The summed E-state index contributed by atoms with van der Waals surface area (Å²) in [5.41, 5.74) is 20.4. The van der Waals surface area contributed by atoms with Crippen LogP contribution in [0.15, 0.2) is 200 Å². The molecule has 0 unspecified atom stereocenters. The third-order valence-corrected chi connectivity index (χ3v) is 12.2. The van der Waals surface area contributed by atoms with Crippen molar-refractivity contribution in [2.24, 2.45) is 0 Å². The fourth-order valence-corrected chi connectivity index (χ4v) is 9.71. The average molecular weight is 692 g/mol. The number of rotatable bonds is 4. The van der Waals surface area contributed by atoms with E-state index < -0.39 is 5.41 Å². The highest BCUT2D eigenvalue weighted by Crippen LogP contribution is 2.63. The predicted octanol–water partition coefficient (Wildman–Crippen LogP) is 13.7. The molecular weight excluding hydrogens is 651 g/mol. The van der Waals surface area contributed by atoms with Gasteiger partial charge in [0.05, 0.1) is 11.1 Å². The topological polar surface area (TPSA) is 3.24 Å². The maximum Gasteiger partial charge on any atom is 0.0726 e. The van der Waals surface area contributed by atoms with Crippen LogP contribution >= 0.6 is 0 Å². The molecule has 258 valence electrons. The molecule has 0 fully saturated rings. The Kier molecular flexibility index (Phi) is 7.19. The Labute approximate surface area is 318 Å². The minimum absolute atomic E-state index is 0.325.